The normalized spacial score (nSPS) is 14.9. The summed E-state index contributed by atoms with van der Waals surface area (Å²) < 4.78 is 27.0. The highest BCUT2D eigenvalue weighted by Crippen LogP contribution is 2.21. The lowest BCUT2D eigenvalue weighted by molar-refractivity contribution is -0.151. The molecule has 1 N–H and O–H groups in total. The maximum Gasteiger partial charge on any atom is 0.335 e. The van der Waals surface area contributed by atoms with E-state index in [4.69, 9.17) is 0 Å². The van der Waals surface area contributed by atoms with E-state index in [0.29, 0.717) is 5.56 Å². The third-order valence-corrected chi connectivity index (χ3v) is 3.88. The Bertz CT molecular complexity index is 518. The third kappa shape index (κ3) is 3.30. The Morgan fingerprint density at radius 1 is 1.28 bits per heavy atom. The van der Waals surface area contributed by atoms with Gasteiger partial charge in [0.2, 0.25) is 0 Å². The number of hydrogen-bond acceptors (Lipinski definition) is 5. The van der Waals surface area contributed by atoms with Crippen molar-refractivity contribution in [3.8, 4) is 0 Å². The average Bonchev–Trinajstić information content (AvgIpc) is 2.35. The van der Waals surface area contributed by atoms with Gasteiger partial charge in [0.25, 0.3) is 0 Å². The average molecular weight is 272 g/mol. The molecule has 6 heteroatoms. The van der Waals surface area contributed by atoms with Gasteiger partial charge in [-0.3, -0.25) is 0 Å². The smallest absolute Gasteiger partial charge is 0.335 e. The highest BCUT2D eigenvalue weighted by Gasteiger charge is 2.24. The molecule has 0 heterocycles. The first-order valence-electron chi connectivity index (χ1n) is 5.33. The molecule has 0 amide bonds. The van der Waals surface area contributed by atoms with E-state index in [0.717, 1.165) is 6.26 Å². The van der Waals surface area contributed by atoms with Gasteiger partial charge in [-0.2, -0.15) is 0 Å². The zero-order chi connectivity index (χ0) is 13.9. The van der Waals surface area contributed by atoms with E-state index in [-0.39, 0.29) is 4.90 Å². The van der Waals surface area contributed by atoms with Crippen molar-refractivity contribution in [3.63, 3.8) is 0 Å². The molecule has 0 saturated heterocycles. The van der Waals surface area contributed by atoms with Crippen LogP contribution in [0.3, 0.4) is 0 Å². The van der Waals surface area contributed by atoms with Crippen molar-refractivity contribution in [2.45, 2.75) is 23.8 Å². The Kier molecular flexibility index (Phi) is 4.48. The number of methoxy groups -OCH3 is 1. The molecule has 0 aliphatic carbocycles. The van der Waals surface area contributed by atoms with Crippen LogP contribution in [0.5, 0.6) is 0 Å². The number of carbonyl (C=O) groups is 1. The van der Waals surface area contributed by atoms with E-state index in [1.165, 1.54) is 19.2 Å². The minimum atomic E-state index is -3.24. The molecule has 2 atom stereocenters. The third-order valence-electron chi connectivity index (χ3n) is 2.75. The molecule has 0 aliphatic heterocycles. The zero-order valence-electron chi connectivity index (χ0n) is 10.5. The summed E-state index contributed by atoms with van der Waals surface area (Å²) in [5.41, 5.74) is 0.667. The van der Waals surface area contributed by atoms with Gasteiger partial charge < -0.3 is 9.84 Å². The zero-order valence-corrected chi connectivity index (χ0v) is 11.3. The molecule has 0 aliphatic rings. The molecule has 0 fully saturated rings. The van der Waals surface area contributed by atoms with Gasteiger partial charge in [0.05, 0.1) is 12.0 Å². The first-order valence-corrected chi connectivity index (χ1v) is 7.22. The molecule has 0 aromatic heterocycles. The molecule has 2 unspecified atom stereocenters. The number of rotatable bonds is 4. The summed E-state index contributed by atoms with van der Waals surface area (Å²) in [5.74, 6) is -1.18. The first kappa shape index (κ1) is 14.7. The largest absolute Gasteiger partial charge is 0.467 e. The highest BCUT2D eigenvalue weighted by atomic mass is 32.2. The number of carbonyl (C=O) groups excluding carboxylic acids is 1. The van der Waals surface area contributed by atoms with Crippen molar-refractivity contribution in [1.29, 1.82) is 0 Å². The van der Waals surface area contributed by atoms with E-state index in [1.807, 2.05) is 0 Å². The highest BCUT2D eigenvalue weighted by molar-refractivity contribution is 7.90. The minimum Gasteiger partial charge on any atom is -0.467 e. The Labute approximate surface area is 106 Å². The van der Waals surface area contributed by atoms with Crippen LogP contribution in [0.4, 0.5) is 0 Å². The van der Waals surface area contributed by atoms with E-state index in [1.54, 1.807) is 19.1 Å². The maximum absolute atomic E-state index is 11.3. The summed E-state index contributed by atoms with van der Waals surface area (Å²) in [4.78, 5) is 11.4. The molecule has 0 radical (unpaired) electrons. The van der Waals surface area contributed by atoms with Crippen LogP contribution in [-0.2, 0) is 19.4 Å². The first-order chi connectivity index (χ1) is 8.27. The Morgan fingerprint density at radius 3 is 2.17 bits per heavy atom. The molecule has 0 saturated carbocycles. The number of aliphatic hydroxyl groups is 1. The van der Waals surface area contributed by atoms with Crippen molar-refractivity contribution in [2.24, 2.45) is 0 Å². The summed E-state index contributed by atoms with van der Waals surface area (Å²) in [6.45, 7) is 1.66. The number of hydrogen-bond donors (Lipinski definition) is 1. The fourth-order valence-electron chi connectivity index (χ4n) is 1.53. The van der Waals surface area contributed by atoms with Crippen LogP contribution in [0.25, 0.3) is 0 Å². The molecule has 1 rings (SSSR count). The van der Waals surface area contributed by atoms with Crippen molar-refractivity contribution >= 4 is 15.8 Å². The van der Waals surface area contributed by atoms with E-state index >= 15 is 0 Å². The molecule has 18 heavy (non-hydrogen) atoms. The van der Waals surface area contributed by atoms with Crippen LogP contribution in [-0.4, -0.2) is 39.0 Å². The van der Waals surface area contributed by atoms with E-state index < -0.39 is 27.8 Å². The monoisotopic (exact) mass is 272 g/mol. The van der Waals surface area contributed by atoms with Crippen molar-refractivity contribution in [1.82, 2.24) is 0 Å². The van der Waals surface area contributed by atoms with Gasteiger partial charge in [-0.05, 0) is 17.7 Å². The van der Waals surface area contributed by atoms with Gasteiger partial charge >= 0.3 is 5.97 Å². The van der Waals surface area contributed by atoms with Gasteiger partial charge in [-0.25, -0.2) is 13.2 Å². The summed E-state index contributed by atoms with van der Waals surface area (Å²) in [6.07, 6.45) is -0.145. The second-order valence-electron chi connectivity index (χ2n) is 4.10. The topological polar surface area (TPSA) is 80.7 Å². The number of benzene rings is 1. The van der Waals surface area contributed by atoms with Gasteiger partial charge in [0, 0.05) is 12.2 Å². The number of aliphatic hydroxyl groups excluding tert-OH is 1. The van der Waals surface area contributed by atoms with E-state index in [9.17, 15) is 18.3 Å². The minimum absolute atomic E-state index is 0.200. The number of sulfone groups is 1. The predicted octanol–water partition coefficient (Wildman–Crippen LogP) is 0.728. The fraction of sp³-hybridized carbons (Fsp3) is 0.417. The summed E-state index contributed by atoms with van der Waals surface area (Å²) in [6, 6.07) is 6.05. The summed E-state index contributed by atoms with van der Waals surface area (Å²) in [5, 5.41) is 9.68. The molecular formula is C12H16O5S. The molecule has 5 nitrogen and oxygen atoms in total. The fourth-order valence-corrected chi connectivity index (χ4v) is 2.16. The lowest BCUT2D eigenvalue weighted by Gasteiger charge is -2.17. The molecule has 100 valence electrons. The summed E-state index contributed by atoms with van der Waals surface area (Å²) >= 11 is 0. The van der Waals surface area contributed by atoms with Crippen molar-refractivity contribution in [3.05, 3.63) is 29.8 Å². The molecule has 0 spiro atoms. The van der Waals surface area contributed by atoms with Crippen LogP contribution in [0, 0.1) is 0 Å². The predicted molar refractivity (Wildman–Crippen MR) is 66.0 cm³/mol. The van der Waals surface area contributed by atoms with Gasteiger partial charge in [0.15, 0.2) is 15.9 Å². The van der Waals surface area contributed by atoms with E-state index in [2.05, 4.69) is 4.74 Å². The lowest BCUT2D eigenvalue weighted by atomic mass is 9.95. The SMILES string of the molecule is COC(=O)C(O)C(C)c1ccc(S(C)(=O)=O)cc1. The van der Waals surface area contributed by atoms with Crippen LogP contribution in [0.1, 0.15) is 18.4 Å². The Balaban J connectivity index is 2.95. The number of ether oxygens (including phenoxy) is 1. The molecule has 0 bridgehead atoms. The lowest BCUT2D eigenvalue weighted by Crippen LogP contribution is -2.27. The second-order valence-corrected chi connectivity index (χ2v) is 6.11. The van der Waals surface area contributed by atoms with Crippen LogP contribution < -0.4 is 0 Å². The second kappa shape index (κ2) is 5.49. The van der Waals surface area contributed by atoms with Crippen molar-refractivity contribution < 1.29 is 23.1 Å². The number of esters is 1. The van der Waals surface area contributed by atoms with Gasteiger partial charge in [0.1, 0.15) is 0 Å². The summed E-state index contributed by atoms with van der Waals surface area (Å²) in [7, 11) is -2.04. The Morgan fingerprint density at radius 2 is 1.78 bits per heavy atom. The van der Waals surface area contributed by atoms with Gasteiger partial charge in [-0.1, -0.05) is 19.1 Å². The quantitative estimate of drug-likeness (QED) is 0.817. The van der Waals surface area contributed by atoms with Crippen LogP contribution >= 0.6 is 0 Å². The van der Waals surface area contributed by atoms with Crippen LogP contribution in [0.2, 0.25) is 0 Å². The maximum atomic E-state index is 11.3. The van der Waals surface area contributed by atoms with Crippen LogP contribution in [0.15, 0.2) is 29.2 Å². The standard InChI is InChI=1S/C12H16O5S/c1-8(11(13)12(14)17-2)9-4-6-10(7-5-9)18(3,15)16/h4-8,11,13H,1-3H3. The Hall–Kier alpha value is -1.40. The molecule has 1 aromatic carbocycles. The molecule has 1 aromatic rings. The molecular weight excluding hydrogens is 256 g/mol. The van der Waals surface area contributed by atoms with Crippen molar-refractivity contribution in [2.75, 3.05) is 13.4 Å². The van der Waals surface area contributed by atoms with Gasteiger partial charge in [-0.15, -0.1) is 0 Å².